The van der Waals surface area contributed by atoms with E-state index in [0.717, 1.165) is 27.6 Å². The lowest BCUT2D eigenvalue weighted by Gasteiger charge is -2.10. The van der Waals surface area contributed by atoms with Gasteiger partial charge in [-0.2, -0.15) is 0 Å². The van der Waals surface area contributed by atoms with Crippen LogP contribution in [0.15, 0.2) is 66.7 Å². The molecule has 3 aromatic carbocycles. The maximum Gasteiger partial charge on any atom is 0.120 e. The molecule has 3 aromatic rings. The Morgan fingerprint density at radius 2 is 1.56 bits per heavy atom. The molecule has 128 valence electrons. The Hall–Kier alpha value is -1.87. The van der Waals surface area contributed by atoms with Crippen molar-refractivity contribution in [3.63, 3.8) is 0 Å². The number of ether oxygens (including phenoxy) is 1. The second kappa shape index (κ2) is 8.48. The van der Waals surface area contributed by atoms with Gasteiger partial charge >= 0.3 is 0 Å². The number of hydrogen-bond donors (Lipinski definition) is 1. The number of halogens is 3. The van der Waals surface area contributed by atoms with E-state index in [1.807, 2.05) is 54.6 Å². The summed E-state index contributed by atoms with van der Waals surface area (Å²) in [6.45, 7) is 1.14. The first-order chi connectivity index (χ1) is 12.1. The molecular weight excluding hydrogens is 377 g/mol. The van der Waals surface area contributed by atoms with Crippen LogP contribution in [0.3, 0.4) is 0 Å². The molecule has 0 heterocycles. The summed E-state index contributed by atoms with van der Waals surface area (Å²) in [4.78, 5) is 0. The Kier molecular flexibility index (Phi) is 6.09. The van der Waals surface area contributed by atoms with E-state index in [0.29, 0.717) is 23.2 Å². The van der Waals surface area contributed by atoms with Crippen molar-refractivity contribution in [3.05, 3.63) is 92.9 Å². The van der Waals surface area contributed by atoms with E-state index in [9.17, 15) is 0 Å². The molecular formula is C20H16Cl3NO. The summed E-state index contributed by atoms with van der Waals surface area (Å²) >= 11 is 17.8. The molecule has 0 spiro atoms. The molecule has 0 aliphatic heterocycles. The minimum Gasteiger partial charge on any atom is -0.489 e. The Bertz CT molecular complexity index is 850. The van der Waals surface area contributed by atoms with Gasteiger partial charge in [0.2, 0.25) is 0 Å². The van der Waals surface area contributed by atoms with Crippen molar-refractivity contribution in [3.8, 4) is 5.75 Å². The van der Waals surface area contributed by atoms with Crippen LogP contribution in [-0.2, 0) is 13.2 Å². The molecule has 5 heteroatoms. The van der Waals surface area contributed by atoms with E-state index >= 15 is 0 Å². The third kappa shape index (κ3) is 5.30. The maximum absolute atomic E-state index is 6.03. The fourth-order valence-electron chi connectivity index (χ4n) is 2.31. The predicted molar refractivity (Wildman–Crippen MR) is 106 cm³/mol. The predicted octanol–water partition coefficient (Wildman–Crippen LogP) is 6.84. The van der Waals surface area contributed by atoms with E-state index in [-0.39, 0.29) is 0 Å². The van der Waals surface area contributed by atoms with E-state index < -0.39 is 0 Å². The molecule has 2 nitrogen and oxygen atoms in total. The van der Waals surface area contributed by atoms with Gasteiger partial charge in [-0.05, 0) is 59.7 Å². The number of anilines is 1. The normalized spacial score (nSPS) is 10.5. The molecule has 0 atom stereocenters. The summed E-state index contributed by atoms with van der Waals surface area (Å²) in [6, 6.07) is 21.1. The van der Waals surface area contributed by atoms with Crippen LogP contribution in [0.1, 0.15) is 11.1 Å². The molecule has 3 rings (SSSR count). The topological polar surface area (TPSA) is 21.3 Å². The minimum absolute atomic E-state index is 0.435. The molecule has 0 unspecified atom stereocenters. The molecule has 0 bridgehead atoms. The number of hydrogen-bond acceptors (Lipinski definition) is 2. The minimum atomic E-state index is 0.435. The smallest absolute Gasteiger partial charge is 0.120 e. The van der Waals surface area contributed by atoms with Crippen molar-refractivity contribution >= 4 is 40.5 Å². The molecule has 0 aliphatic rings. The zero-order valence-corrected chi connectivity index (χ0v) is 15.6. The number of benzene rings is 3. The SMILES string of the molecule is Clc1ccc(NCc2cccc(OCc3ccc(Cl)c(Cl)c3)c2)cc1. The second-order valence-electron chi connectivity index (χ2n) is 5.54. The molecule has 0 saturated heterocycles. The average Bonchev–Trinajstić information content (AvgIpc) is 2.63. The lowest BCUT2D eigenvalue weighted by Crippen LogP contribution is -2.00. The Morgan fingerprint density at radius 3 is 2.32 bits per heavy atom. The first-order valence-corrected chi connectivity index (χ1v) is 8.89. The van der Waals surface area contributed by atoms with Crippen molar-refractivity contribution in [2.45, 2.75) is 13.2 Å². The van der Waals surface area contributed by atoms with Gasteiger partial charge in [0.25, 0.3) is 0 Å². The molecule has 25 heavy (non-hydrogen) atoms. The zero-order chi connectivity index (χ0) is 17.6. The van der Waals surface area contributed by atoms with Gasteiger partial charge in [-0.1, -0.05) is 53.0 Å². The highest BCUT2D eigenvalue weighted by Gasteiger charge is 2.02. The third-order valence-electron chi connectivity index (χ3n) is 3.63. The van der Waals surface area contributed by atoms with Crippen molar-refractivity contribution in [2.75, 3.05) is 5.32 Å². The van der Waals surface area contributed by atoms with Crippen LogP contribution in [0, 0.1) is 0 Å². The highest BCUT2D eigenvalue weighted by atomic mass is 35.5. The maximum atomic E-state index is 6.03. The van der Waals surface area contributed by atoms with Gasteiger partial charge in [-0.3, -0.25) is 0 Å². The van der Waals surface area contributed by atoms with Crippen LogP contribution >= 0.6 is 34.8 Å². The fraction of sp³-hybridized carbons (Fsp3) is 0.100. The van der Waals surface area contributed by atoms with Gasteiger partial charge in [0.05, 0.1) is 10.0 Å². The van der Waals surface area contributed by atoms with E-state index in [4.69, 9.17) is 39.5 Å². The number of rotatable bonds is 6. The van der Waals surface area contributed by atoms with Crippen LogP contribution in [0.25, 0.3) is 0 Å². The fourth-order valence-corrected chi connectivity index (χ4v) is 2.76. The summed E-state index contributed by atoms with van der Waals surface area (Å²) in [5, 5.41) is 5.16. The Morgan fingerprint density at radius 1 is 0.760 bits per heavy atom. The lowest BCUT2D eigenvalue weighted by atomic mass is 10.2. The molecule has 0 aliphatic carbocycles. The van der Waals surface area contributed by atoms with Crippen molar-refractivity contribution in [1.82, 2.24) is 0 Å². The van der Waals surface area contributed by atoms with Crippen LogP contribution in [0.4, 0.5) is 5.69 Å². The van der Waals surface area contributed by atoms with Crippen molar-refractivity contribution in [2.24, 2.45) is 0 Å². The molecule has 0 fully saturated rings. The van der Waals surface area contributed by atoms with Crippen molar-refractivity contribution in [1.29, 1.82) is 0 Å². The quantitative estimate of drug-likeness (QED) is 0.496. The van der Waals surface area contributed by atoms with E-state index in [1.54, 1.807) is 6.07 Å². The van der Waals surface area contributed by atoms with Crippen LogP contribution in [-0.4, -0.2) is 0 Å². The number of nitrogens with one attached hydrogen (secondary N) is 1. The van der Waals surface area contributed by atoms with Crippen LogP contribution < -0.4 is 10.1 Å². The molecule has 1 N–H and O–H groups in total. The molecule has 0 radical (unpaired) electrons. The highest BCUT2D eigenvalue weighted by molar-refractivity contribution is 6.42. The van der Waals surface area contributed by atoms with Gasteiger partial charge in [0, 0.05) is 17.3 Å². The average molecular weight is 393 g/mol. The zero-order valence-electron chi connectivity index (χ0n) is 13.3. The van der Waals surface area contributed by atoms with Crippen LogP contribution in [0.5, 0.6) is 5.75 Å². The summed E-state index contributed by atoms with van der Waals surface area (Å²) in [6.07, 6.45) is 0. The third-order valence-corrected chi connectivity index (χ3v) is 4.62. The Balaban J connectivity index is 1.59. The van der Waals surface area contributed by atoms with Crippen LogP contribution in [0.2, 0.25) is 15.1 Å². The summed E-state index contributed by atoms with van der Waals surface area (Å²) in [5.41, 5.74) is 3.12. The van der Waals surface area contributed by atoms with Crippen molar-refractivity contribution < 1.29 is 4.74 Å². The van der Waals surface area contributed by atoms with Gasteiger partial charge in [-0.25, -0.2) is 0 Å². The molecule has 0 aromatic heterocycles. The van der Waals surface area contributed by atoms with Gasteiger partial charge in [-0.15, -0.1) is 0 Å². The summed E-state index contributed by atoms with van der Waals surface area (Å²) in [7, 11) is 0. The largest absolute Gasteiger partial charge is 0.489 e. The van der Waals surface area contributed by atoms with Gasteiger partial charge in [0.15, 0.2) is 0 Å². The Labute approximate surface area is 162 Å². The molecule has 0 saturated carbocycles. The second-order valence-corrected chi connectivity index (χ2v) is 6.80. The standard InChI is InChI=1S/C20H16Cl3NO/c21-16-5-7-17(8-6-16)24-12-14-2-1-3-18(10-14)25-13-15-4-9-19(22)20(23)11-15/h1-11,24H,12-13H2. The first kappa shape index (κ1) is 17.9. The van der Waals surface area contributed by atoms with Gasteiger partial charge in [0.1, 0.15) is 12.4 Å². The molecule has 0 amide bonds. The summed E-state index contributed by atoms with van der Waals surface area (Å²) in [5.74, 6) is 0.807. The first-order valence-electron chi connectivity index (χ1n) is 7.75. The lowest BCUT2D eigenvalue weighted by molar-refractivity contribution is 0.306. The van der Waals surface area contributed by atoms with Gasteiger partial charge < -0.3 is 10.1 Å². The van der Waals surface area contributed by atoms with E-state index in [2.05, 4.69) is 11.4 Å². The highest BCUT2D eigenvalue weighted by Crippen LogP contribution is 2.24. The monoisotopic (exact) mass is 391 g/mol. The van der Waals surface area contributed by atoms with E-state index in [1.165, 1.54) is 0 Å². The summed E-state index contributed by atoms with van der Waals surface area (Å²) < 4.78 is 5.85.